The molecule has 0 saturated heterocycles. The second kappa shape index (κ2) is 6.04. The van der Waals surface area contributed by atoms with Crippen LogP contribution >= 0.6 is 27.5 Å². The summed E-state index contributed by atoms with van der Waals surface area (Å²) < 4.78 is 14.0. The molecule has 0 aliphatic rings. The van der Waals surface area contributed by atoms with Gasteiger partial charge in [0.25, 0.3) is 5.91 Å². The van der Waals surface area contributed by atoms with Gasteiger partial charge in [-0.15, -0.1) is 0 Å². The van der Waals surface area contributed by atoms with Gasteiger partial charge in [0.15, 0.2) is 0 Å². The van der Waals surface area contributed by atoms with E-state index in [-0.39, 0.29) is 10.6 Å². The monoisotopic (exact) mass is 352 g/mol. The Hall–Kier alpha value is -1.90. The fourth-order valence-electron chi connectivity index (χ4n) is 1.55. The molecule has 1 amide bonds. The summed E-state index contributed by atoms with van der Waals surface area (Å²) in [4.78, 5) is 12.0. The average molecular weight is 354 g/mol. The first kappa shape index (κ1) is 14.5. The van der Waals surface area contributed by atoms with Crippen LogP contribution < -0.4 is 5.32 Å². The maximum Gasteiger partial charge on any atom is 0.255 e. The van der Waals surface area contributed by atoms with E-state index >= 15 is 0 Å². The molecule has 0 heterocycles. The van der Waals surface area contributed by atoms with Crippen LogP contribution in [-0.2, 0) is 0 Å². The Morgan fingerprint density at radius 3 is 2.70 bits per heavy atom. The molecule has 0 saturated carbocycles. The lowest BCUT2D eigenvalue weighted by atomic mass is 10.1. The number of nitriles is 1. The minimum Gasteiger partial charge on any atom is -0.321 e. The molecule has 0 atom stereocenters. The van der Waals surface area contributed by atoms with Gasteiger partial charge in [0, 0.05) is 10.0 Å². The van der Waals surface area contributed by atoms with Crippen molar-refractivity contribution in [3.63, 3.8) is 0 Å². The molecule has 2 aromatic rings. The third-order valence-corrected chi connectivity index (χ3v) is 3.33. The number of anilines is 1. The zero-order valence-corrected chi connectivity index (χ0v) is 12.3. The van der Waals surface area contributed by atoms with E-state index in [1.807, 2.05) is 6.07 Å². The van der Waals surface area contributed by atoms with Gasteiger partial charge < -0.3 is 5.32 Å². The molecule has 2 rings (SSSR count). The molecule has 0 aromatic heterocycles. The number of halogens is 3. The Labute approximate surface area is 128 Å². The Morgan fingerprint density at radius 1 is 1.30 bits per heavy atom. The summed E-state index contributed by atoms with van der Waals surface area (Å²) in [5, 5.41) is 11.5. The van der Waals surface area contributed by atoms with Crippen molar-refractivity contribution in [1.82, 2.24) is 0 Å². The zero-order valence-electron chi connectivity index (χ0n) is 9.95. The van der Waals surface area contributed by atoms with E-state index in [0.29, 0.717) is 15.7 Å². The third kappa shape index (κ3) is 3.16. The van der Waals surface area contributed by atoms with Crippen molar-refractivity contribution in [2.24, 2.45) is 0 Å². The van der Waals surface area contributed by atoms with E-state index < -0.39 is 11.7 Å². The van der Waals surface area contributed by atoms with Crippen LogP contribution in [0.25, 0.3) is 0 Å². The van der Waals surface area contributed by atoms with Gasteiger partial charge in [0.05, 0.1) is 16.3 Å². The van der Waals surface area contributed by atoms with Crippen molar-refractivity contribution < 1.29 is 9.18 Å². The lowest BCUT2D eigenvalue weighted by Crippen LogP contribution is -2.13. The SMILES string of the molecule is N#Cc1ccc(Br)cc1NC(=O)c1ccc(Cl)c(F)c1. The summed E-state index contributed by atoms with van der Waals surface area (Å²) >= 11 is 8.81. The maximum atomic E-state index is 13.3. The Kier molecular flexibility index (Phi) is 4.38. The molecule has 0 radical (unpaired) electrons. The number of nitrogens with one attached hydrogen (secondary N) is 1. The molecule has 2 aromatic carbocycles. The number of hydrogen-bond donors (Lipinski definition) is 1. The van der Waals surface area contributed by atoms with Gasteiger partial charge in [-0.3, -0.25) is 4.79 Å². The smallest absolute Gasteiger partial charge is 0.255 e. The van der Waals surface area contributed by atoms with Gasteiger partial charge in [-0.25, -0.2) is 4.39 Å². The highest BCUT2D eigenvalue weighted by Gasteiger charge is 2.11. The highest BCUT2D eigenvalue weighted by Crippen LogP contribution is 2.22. The molecule has 6 heteroatoms. The molecule has 0 unspecified atom stereocenters. The molecule has 0 bridgehead atoms. The Morgan fingerprint density at radius 2 is 2.05 bits per heavy atom. The third-order valence-electron chi connectivity index (χ3n) is 2.53. The van der Waals surface area contributed by atoms with E-state index in [0.717, 1.165) is 6.07 Å². The average Bonchev–Trinajstić information content (AvgIpc) is 2.42. The minimum absolute atomic E-state index is 0.0540. The molecule has 0 aliphatic heterocycles. The molecule has 20 heavy (non-hydrogen) atoms. The van der Waals surface area contributed by atoms with Gasteiger partial charge in [0.1, 0.15) is 11.9 Å². The minimum atomic E-state index is -0.672. The lowest BCUT2D eigenvalue weighted by Gasteiger charge is -2.08. The number of carbonyl (C=O) groups is 1. The van der Waals surface area contributed by atoms with Crippen molar-refractivity contribution in [3.8, 4) is 6.07 Å². The van der Waals surface area contributed by atoms with E-state index in [4.69, 9.17) is 16.9 Å². The van der Waals surface area contributed by atoms with Crippen LogP contribution in [0.4, 0.5) is 10.1 Å². The van der Waals surface area contributed by atoms with Crippen molar-refractivity contribution in [1.29, 1.82) is 5.26 Å². The van der Waals surface area contributed by atoms with Crippen molar-refractivity contribution >= 4 is 39.1 Å². The topological polar surface area (TPSA) is 52.9 Å². The van der Waals surface area contributed by atoms with Gasteiger partial charge in [0.2, 0.25) is 0 Å². The predicted molar refractivity (Wildman–Crippen MR) is 78.2 cm³/mol. The van der Waals surface area contributed by atoms with E-state index in [2.05, 4.69) is 21.2 Å². The zero-order chi connectivity index (χ0) is 14.7. The number of benzene rings is 2. The molecule has 0 spiro atoms. The van der Waals surface area contributed by atoms with Crippen molar-refractivity contribution in [3.05, 3.63) is 62.8 Å². The number of hydrogen-bond acceptors (Lipinski definition) is 2. The molecule has 3 nitrogen and oxygen atoms in total. The highest BCUT2D eigenvalue weighted by atomic mass is 79.9. The van der Waals surface area contributed by atoms with Crippen LogP contribution in [-0.4, -0.2) is 5.91 Å². The van der Waals surface area contributed by atoms with Crippen molar-refractivity contribution in [2.45, 2.75) is 0 Å². The maximum absolute atomic E-state index is 13.3. The predicted octanol–water partition coefficient (Wildman–Crippen LogP) is 4.37. The fourth-order valence-corrected chi connectivity index (χ4v) is 2.03. The summed E-state index contributed by atoms with van der Waals surface area (Å²) in [6.07, 6.45) is 0. The summed E-state index contributed by atoms with van der Waals surface area (Å²) in [5.41, 5.74) is 0.786. The summed E-state index contributed by atoms with van der Waals surface area (Å²) in [6.45, 7) is 0. The number of carbonyl (C=O) groups excluding carboxylic acids is 1. The molecule has 0 fully saturated rings. The summed E-state index contributed by atoms with van der Waals surface area (Å²) in [5.74, 6) is -1.19. The largest absolute Gasteiger partial charge is 0.321 e. The van der Waals surface area contributed by atoms with E-state index in [1.165, 1.54) is 12.1 Å². The van der Waals surface area contributed by atoms with Gasteiger partial charge in [-0.1, -0.05) is 27.5 Å². The molecular formula is C14H7BrClFN2O. The second-order valence-electron chi connectivity index (χ2n) is 3.88. The van der Waals surface area contributed by atoms with Gasteiger partial charge in [-0.2, -0.15) is 5.26 Å². The van der Waals surface area contributed by atoms with Crippen LogP contribution in [0.3, 0.4) is 0 Å². The summed E-state index contributed by atoms with van der Waals surface area (Å²) in [6, 6.07) is 10.6. The molecule has 100 valence electrons. The number of rotatable bonds is 2. The first-order valence-corrected chi connectivity index (χ1v) is 6.64. The van der Waals surface area contributed by atoms with E-state index in [1.54, 1.807) is 18.2 Å². The first-order valence-electron chi connectivity index (χ1n) is 5.47. The van der Waals surface area contributed by atoms with Crippen LogP contribution in [0.5, 0.6) is 0 Å². The summed E-state index contributed by atoms with van der Waals surface area (Å²) in [7, 11) is 0. The van der Waals surface area contributed by atoms with Crippen LogP contribution in [0.1, 0.15) is 15.9 Å². The fraction of sp³-hybridized carbons (Fsp3) is 0. The second-order valence-corrected chi connectivity index (χ2v) is 5.21. The Balaban J connectivity index is 2.30. The molecule has 0 aliphatic carbocycles. The standard InChI is InChI=1S/C14H7BrClFN2O/c15-10-3-1-9(7-18)13(6-10)19-14(20)8-2-4-11(16)12(17)5-8/h1-6H,(H,19,20). The van der Waals surface area contributed by atoms with Crippen LogP contribution in [0, 0.1) is 17.1 Å². The van der Waals surface area contributed by atoms with E-state index in [9.17, 15) is 9.18 Å². The Bertz CT molecular complexity index is 728. The van der Waals surface area contributed by atoms with Crippen LogP contribution in [0.15, 0.2) is 40.9 Å². The highest BCUT2D eigenvalue weighted by molar-refractivity contribution is 9.10. The quantitative estimate of drug-likeness (QED) is 0.872. The van der Waals surface area contributed by atoms with Crippen molar-refractivity contribution in [2.75, 3.05) is 5.32 Å². The number of amides is 1. The molecule has 1 N–H and O–H groups in total. The van der Waals surface area contributed by atoms with Crippen LogP contribution in [0.2, 0.25) is 5.02 Å². The normalized spacial score (nSPS) is 9.90. The van der Waals surface area contributed by atoms with Gasteiger partial charge >= 0.3 is 0 Å². The number of nitrogens with zero attached hydrogens (tertiary/aromatic N) is 1. The first-order chi connectivity index (χ1) is 9.51. The molecular weight excluding hydrogens is 347 g/mol. The van der Waals surface area contributed by atoms with Gasteiger partial charge in [-0.05, 0) is 36.4 Å². The lowest BCUT2D eigenvalue weighted by molar-refractivity contribution is 0.102.